The van der Waals surface area contributed by atoms with E-state index < -0.39 is 11.3 Å². The first-order valence-corrected chi connectivity index (χ1v) is 10.8. The van der Waals surface area contributed by atoms with E-state index >= 15 is 0 Å². The summed E-state index contributed by atoms with van der Waals surface area (Å²) >= 11 is 0. The van der Waals surface area contributed by atoms with Crippen LogP contribution in [-0.4, -0.2) is 58.6 Å². The van der Waals surface area contributed by atoms with Crippen LogP contribution in [0.4, 0.5) is 0 Å². The van der Waals surface area contributed by atoms with E-state index in [1.807, 2.05) is 35.2 Å². The minimum atomic E-state index is -0.553. The molecule has 0 aliphatic carbocycles. The predicted molar refractivity (Wildman–Crippen MR) is 120 cm³/mol. The Labute approximate surface area is 207 Å². The normalized spacial score (nSPS) is 21.1. The van der Waals surface area contributed by atoms with Gasteiger partial charge in [-0.15, -0.1) is 0 Å². The van der Waals surface area contributed by atoms with Crippen LogP contribution in [0.25, 0.3) is 0 Å². The number of fused-ring (bicyclic) bond motifs is 4. The molecule has 33 heavy (non-hydrogen) atoms. The Morgan fingerprint density at radius 3 is 2.64 bits per heavy atom. The molecule has 3 aliphatic heterocycles. The number of benzene rings is 1. The number of ether oxygens (including phenoxy) is 1. The van der Waals surface area contributed by atoms with Crippen molar-refractivity contribution in [2.45, 2.75) is 44.6 Å². The topological polar surface area (TPSA) is 83.9 Å². The van der Waals surface area contributed by atoms with Gasteiger partial charge >= 0.3 is 0 Å². The van der Waals surface area contributed by atoms with Crippen molar-refractivity contribution in [3.8, 4) is 5.75 Å². The van der Waals surface area contributed by atoms with Gasteiger partial charge in [-0.3, -0.25) is 19.3 Å². The summed E-state index contributed by atoms with van der Waals surface area (Å²) in [4.78, 5) is 43.5. The maximum absolute atomic E-state index is 13.3. The maximum atomic E-state index is 13.3. The second-order valence-electron chi connectivity index (χ2n) is 8.40. The molecule has 1 aromatic carbocycles. The van der Waals surface area contributed by atoms with E-state index in [4.69, 9.17) is 4.74 Å². The van der Waals surface area contributed by atoms with Crippen molar-refractivity contribution in [3.63, 3.8) is 0 Å². The first-order chi connectivity index (χ1) is 15.1. The molecule has 0 bridgehead atoms. The number of aromatic nitrogens is 1. The Hall–Kier alpha value is -2.47. The first kappa shape index (κ1) is 25.2. The quantitative estimate of drug-likeness (QED) is 0.527. The van der Waals surface area contributed by atoms with Crippen LogP contribution in [0.3, 0.4) is 0 Å². The molecule has 1 radical (unpaired) electrons. The summed E-state index contributed by atoms with van der Waals surface area (Å²) < 4.78 is 7.09. The maximum Gasteiger partial charge on any atom is 0.275 e. The van der Waals surface area contributed by atoms with Gasteiger partial charge in [0.15, 0.2) is 11.4 Å². The van der Waals surface area contributed by atoms with E-state index in [1.165, 1.54) is 19.7 Å². The monoisotopic (exact) mass is 624 g/mol. The molecule has 177 valence electrons. The number of methoxy groups -OCH3 is 1. The van der Waals surface area contributed by atoms with Crippen molar-refractivity contribution >= 4 is 11.8 Å². The molecule has 2 saturated heterocycles. The average molecular weight is 624 g/mol. The van der Waals surface area contributed by atoms with Gasteiger partial charge in [0.05, 0.1) is 13.7 Å². The summed E-state index contributed by atoms with van der Waals surface area (Å²) in [6.45, 7) is 2.48. The van der Waals surface area contributed by atoms with Gasteiger partial charge in [-0.2, -0.15) is 0 Å². The molecular formula is C24H29N4O4Re-. The second kappa shape index (κ2) is 10.2. The summed E-state index contributed by atoms with van der Waals surface area (Å²) in [7, 11) is 1.37. The smallest absolute Gasteiger partial charge is 0.275 e. The Kier molecular flexibility index (Phi) is 7.78. The van der Waals surface area contributed by atoms with Crippen LogP contribution < -0.4 is 15.5 Å². The largest absolute Gasteiger partial charge is 0.491 e. The number of amides is 2. The van der Waals surface area contributed by atoms with Crippen LogP contribution in [0.2, 0.25) is 0 Å². The average Bonchev–Trinajstić information content (AvgIpc) is 3.17. The van der Waals surface area contributed by atoms with Gasteiger partial charge in [0.25, 0.3) is 11.8 Å². The van der Waals surface area contributed by atoms with Crippen LogP contribution in [0.15, 0.2) is 41.3 Å². The molecule has 2 atom stereocenters. The molecule has 2 amide bonds. The number of carbonyl (C=O) groups excluding carboxylic acids is 2. The second-order valence-corrected chi connectivity index (χ2v) is 8.40. The third kappa shape index (κ3) is 4.38. The number of hydrogen-bond donors (Lipinski definition) is 1. The van der Waals surface area contributed by atoms with E-state index in [2.05, 4.69) is 10.2 Å². The van der Waals surface area contributed by atoms with Crippen molar-refractivity contribution in [2.24, 2.45) is 0 Å². The molecular weight excluding hydrogens is 594 g/mol. The van der Waals surface area contributed by atoms with E-state index in [0.29, 0.717) is 25.7 Å². The van der Waals surface area contributed by atoms with Crippen LogP contribution in [-0.2, 0) is 33.5 Å². The molecule has 1 N–H and O–H groups in total. The van der Waals surface area contributed by atoms with Crippen LogP contribution in [0.5, 0.6) is 5.75 Å². The molecule has 0 spiro atoms. The summed E-state index contributed by atoms with van der Waals surface area (Å²) in [6, 6.07) is 9.87. The van der Waals surface area contributed by atoms with Crippen molar-refractivity contribution in [2.75, 3.05) is 20.2 Å². The Morgan fingerprint density at radius 1 is 1.15 bits per heavy atom. The van der Waals surface area contributed by atoms with Gasteiger partial charge in [0.1, 0.15) is 11.7 Å². The Balaban J connectivity index is 0.00000153. The Bertz CT molecular complexity index is 1090. The molecule has 1 aromatic heterocycles. The number of piperidine rings is 1. The third-order valence-corrected chi connectivity index (χ3v) is 6.63. The van der Waals surface area contributed by atoms with Gasteiger partial charge in [-0.05, 0) is 18.4 Å². The number of pyridine rings is 1. The molecule has 0 saturated carbocycles. The van der Waals surface area contributed by atoms with Gasteiger partial charge in [-0.1, -0.05) is 36.8 Å². The standard InChI is InChI=1S/C23H26N4O4.CH3.Re/c1-31-21-19-23(30)27-12-16-9-5-6-10-26(16)18(27)14-25(19)13-17(20(21)28)22(29)24-11-15-7-3-2-4-8-15;;/h2-4,7-8,13,16,18H,5-6,9-12,14H2,1H3,(H,24,29);1H3;/q;-1;/t16-,18-;;/m0../s1. The summed E-state index contributed by atoms with van der Waals surface area (Å²) in [5.41, 5.74) is 0.617. The molecule has 8 nitrogen and oxygen atoms in total. The van der Waals surface area contributed by atoms with Crippen LogP contribution in [0.1, 0.15) is 45.7 Å². The fraction of sp³-hybridized carbons (Fsp3) is 0.417. The summed E-state index contributed by atoms with van der Waals surface area (Å²) in [5, 5.41) is 2.80. The zero-order chi connectivity index (χ0) is 21.5. The zero-order valence-electron chi connectivity index (χ0n) is 18.9. The SMILES string of the molecule is COc1c2n(cc(C(=O)NCc3ccccc3)c1=O)C[C@@H]1N(C[C@@H]3CCCCN31)C2=O.[CH3-].[Re]. The molecule has 4 heterocycles. The molecule has 2 fully saturated rings. The van der Waals surface area contributed by atoms with Crippen molar-refractivity contribution in [1.29, 1.82) is 0 Å². The molecule has 2 aromatic rings. The number of nitrogens with one attached hydrogen (secondary N) is 1. The number of nitrogens with zero attached hydrogens (tertiary/aromatic N) is 3. The van der Waals surface area contributed by atoms with Crippen molar-refractivity contribution < 1.29 is 34.7 Å². The van der Waals surface area contributed by atoms with E-state index in [0.717, 1.165) is 24.9 Å². The van der Waals surface area contributed by atoms with Crippen LogP contribution >= 0.6 is 0 Å². The Morgan fingerprint density at radius 2 is 1.91 bits per heavy atom. The van der Waals surface area contributed by atoms with Crippen molar-refractivity contribution in [1.82, 2.24) is 19.7 Å². The fourth-order valence-electron chi connectivity index (χ4n) is 5.10. The van der Waals surface area contributed by atoms with Gasteiger partial charge in [0.2, 0.25) is 5.43 Å². The van der Waals surface area contributed by atoms with Gasteiger partial charge in [-0.25, -0.2) is 0 Å². The summed E-state index contributed by atoms with van der Waals surface area (Å²) in [6.07, 6.45) is 4.86. The number of hydrogen-bond acceptors (Lipinski definition) is 5. The van der Waals surface area contributed by atoms with E-state index in [-0.39, 0.29) is 56.9 Å². The van der Waals surface area contributed by atoms with Gasteiger partial charge < -0.3 is 26.9 Å². The van der Waals surface area contributed by atoms with Crippen LogP contribution in [0, 0.1) is 7.43 Å². The van der Waals surface area contributed by atoms with Crippen molar-refractivity contribution in [3.05, 3.63) is 71.0 Å². The minimum absolute atomic E-state index is 0. The molecule has 0 unspecified atom stereocenters. The number of carbonyl (C=O) groups is 2. The molecule has 3 aliphatic rings. The van der Waals surface area contributed by atoms with Gasteiger partial charge in [0, 0.05) is 52.3 Å². The third-order valence-electron chi connectivity index (χ3n) is 6.63. The minimum Gasteiger partial charge on any atom is -0.491 e. The molecule has 9 heteroatoms. The zero-order valence-corrected chi connectivity index (χ0v) is 21.6. The fourth-order valence-corrected chi connectivity index (χ4v) is 5.10. The number of rotatable bonds is 4. The van der Waals surface area contributed by atoms with E-state index in [9.17, 15) is 14.4 Å². The summed E-state index contributed by atoms with van der Waals surface area (Å²) in [5.74, 6) is -0.726. The predicted octanol–water partition coefficient (Wildman–Crippen LogP) is 1.88. The van der Waals surface area contributed by atoms with E-state index in [1.54, 1.807) is 4.57 Å². The molecule has 5 rings (SSSR count). The first-order valence-electron chi connectivity index (χ1n) is 10.8.